The first kappa shape index (κ1) is 16.8. The number of nitrogens with zero attached hydrogens (tertiary/aromatic N) is 1. The predicted octanol–water partition coefficient (Wildman–Crippen LogP) is 6.47. The van der Waals surface area contributed by atoms with E-state index >= 15 is 0 Å². The zero-order valence-corrected chi connectivity index (χ0v) is 15.5. The van der Waals surface area contributed by atoms with E-state index in [9.17, 15) is 0 Å². The van der Waals surface area contributed by atoms with Crippen LogP contribution in [0.2, 0.25) is 10.0 Å². The van der Waals surface area contributed by atoms with Crippen molar-refractivity contribution in [2.75, 3.05) is 0 Å². The van der Waals surface area contributed by atoms with Crippen molar-refractivity contribution >= 4 is 46.3 Å². The number of hydrogen-bond acceptors (Lipinski definition) is 3. The van der Waals surface area contributed by atoms with Crippen molar-refractivity contribution in [2.24, 2.45) is 0 Å². The van der Waals surface area contributed by atoms with Crippen LogP contribution in [-0.4, -0.2) is 4.98 Å². The van der Waals surface area contributed by atoms with E-state index in [1.807, 2.05) is 36.0 Å². The Balaban J connectivity index is 1.54. The van der Waals surface area contributed by atoms with Crippen molar-refractivity contribution in [1.82, 2.24) is 4.98 Å². The summed E-state index contributed by atoms with van der Waals surface area (Å²) in [6.07, 6.45) is 0.797. The van der Waals surface area contributed by atoms with Gasteiger partial charge in [-0.2, -0.15) is 11.8 Å². The van der Waals surface area contributed by atoms with Gasteiger partial charge in [-0.05, 0) is 23.3 Å². The molecule has 0 aliphatic heterocycles. The van der Waals surface area contributed by atoms with E-state index in [0.717, 1.165) is 34.2 Å². The van der Waals surface area contributed by atoms with Gasteiger partial charge in [-0.25, -0.2) is 4.98 Å². The van der Waals surface area contributed by atoms with Crippen molar-refractivity contribution in [3.8, 4) is 0 Å². The Labute approximate surface area is 154 Å². The largest absolute Gasteiger partial charge is 0.245 e. The van der Waals surface area contributed by atoms with Crippen LogP contribution in [0.3, 0.4) is 0 Å². The molecule has 2 aromatic carbocycles. The number of hydrogen-bond donors (Lipinski definition) is 0. The molecule has 0 fully saturated rings. The Morgan fingerprint density at radius 3 is 2.52 bits per heavy atom. The van der Waals surface area contributed by atoms with Crippen LogP contribution in [0.15, 0.2) is 53.9 Å². The van der Waals surface area contributed by atoms with E-state index in [2.05, 4.69) is 29.6 Å². The highest BCUT2D eigenvalue weighted by Gasteiger charge is 2.06. The van der Waals surface area contributed by atoms with Gasteiger partial charge in [-0.1, -0.05) is 59.6 Å². The van der Waals surface area contributed by atoms with Crippen LogP contribution in [0, 0.1) is 0 Å². The smallest absolute Gasteiger partial charge is 0.0972 e. The molecule has 0 aliphatic carbocycles. The second-order valence-corrected chi connectivity index (χ2v) is 7.88. The Kier molecular flexibility index (Phi) is 6.01. The van der Waals surface area contributed by atoms with Gasteiger partial charge in [0.05, 0.1) is 20.7 Å². The average molecular weight is 380 g/mol. The summed E-state index contributed by atoms with van der Waals surface area (Å²) in [5, 5.41) is 4.44. The highest BCUT2D eigenvalue weighted by molar-refractivity contribution is 7.97. The minimum Gasteiger partial charge on any atom is -0.245 e. The van der Waals surface area contributed by atoms with Crippen molar-refractivity contribution in [2.45, 2.75) is 17.9 Å². The van der Waals surface area contributed by atoms with Crippen LogP contribution in [0.4, 0.5) is 0 Å². The third kappa shape index (κ3) is 4.98. The molecule has 0 spiro atoms. The van der Waals surface area contributed by atoms with E-state index < -0.39 is 0 Å². The normalized spacial score (nSPS) is 10.9. The number of aromatic nitrogens is 1. The summed E-state index contributed by atoms with van der Waals surface area (Å²) in [5.74, 6) is 1.95. The fourth-order valence-corrected chi connectivity index (χ4v) is 4.31. The third-order valence-corrected chi connectivity index (χ3v) is 5.97. The van der Waals surface area contributed by atoms with Crippen LogP contribution in [0.1, 0.15) is 21.8 Å². The summed E-state index contributed by atoms with van der Waals surface area (Å²) in [7, 11) is 0. The fourth-order valence-electron chi connectivity index (χ4n) is 2.17. The Morgan fingerprint density at radius 1 is 0.913 bits per heavy atom. The van der Waals surface area contributed by atoms with Crippen molar-refractivity contribution in [3.63, 3.8) is 0 Å². The predicted molar refractivity (Wildman–Crippen MR) is 103 cm³/mol. The lowest BCUT2D eigenvalue weighted by Gasteiger charge is -2.01. The van der Waals surface area contributed by atoms with Gasteiger partial charge >= 0.3 is 0 Å². The van der Waals surface area contributed by atoms with Gasteiger partial charge in [0.25, 0.3) is 0 Å². The maximum absolute atomic E-state index is 6.06. The van der Waals surface area contributed by atoms with Gasteiger partial charge in [0.15, 0.2) is 0 Å². The van der Waals surface area contributed by atoms with Crippen LogP contribution in [0.25, 0.3) is 0 Å². The van der Waals surface area contributed by atoms with Crippen molar-refractivity contribution in [3.05, 3.63) is 85.8 Å². The third-order valence-electron chi connectivity index (χ3n) is 3.30. The maximum atomic E-state index is 6.06. The van der Waals surface area contributed by atoms with Crippen LogP contribution in [0.5, 0.6) is 0 Å². The van der Waals surface area contributed by atoms with Crippen LogP contribution in [-0.2, 0) is 17.9 Å². The second kappa shape index (κ2) is 8.20. The molecule has 0 unspecified atom stereocenters. The molecule has 1 aromatic heterocycles. The standard InChI is InChI=1S/C18H15Cl2NS2/c19-16-7-6-14(8-17(16)20)9-18-21-15(12-23-18)11-22-10-13-4-2-1-3-5-13/h1-8,12H,9-11H2. The molecule has 0 saturated carbocycles. The minimum absolute atomic E-state index is 0.590. The molecule has 3 aromatic rings. The molecule has 0 N–H and O–H groups in total. The van der Waals surface area contributed by atoms with E-state index in [4.69, 9.17) is 28.2 Å². The molecule has 5 heteroatoms. The second-order valence-electron chi connectivity index (χ2n) is 5.14. The number of halogens is 2. The van der Waals surface area contributed by atoms with E-state index in [1.165, 1.54) is 5.56 Å². The Morgan fingerprint density at radius 2 is 1.74 bits per heavy atom. The summed E-state index contributed by atoms with van der Waals surface area (Å²) in [6, 6.07) is 16.3. The lowest BCUT2D eigenvalue weighted by molar-refractivity contribution is 1.09. The minimum atomic E-state index is 0.590. The maximum Gasteiger partial charge on any atom is 0.0972 e. The zero-order valence-electron chi connectivity index (χ0n) is 12.3. The molecule has 0 atom stereocenters. The lowest BCUT2D eigenvalue weighted by Crippen LogP contribution is -1.89. The van der Waals surface area contributed by atoms with E-state index in [0.29, 0.717) is 10.0 Å². The monoisotopic (exact) mass is 379 g/mol. The summed E-state index contributed by atoms with van der Waals surface area (Å²) >= 11 is 15.6. The Bertz CT molecular complexity index is 772. The molecule has 0 radical (unpaired) electrons. The van der Waals surface area contributed by atoms with Gasteiger partial charge in [0, 0.05) is 23.3 Å². The zero-order chi connectivity index (χ0) is 16.1. The topological polar surface area (TPSA) is 12.9 Å². The number of rotatable bonds is 6. The molecule has 1 heterocycles. The highest BCUT2D eigenvalue weighted by atomic mass is 35.5. The molecular formula is C18H15Cl2NS2. The van der Waals surface area contributed by atoms with Crippen LogP contribution < -0.4 is 0 Å². The Hall–Kier alpha value is -1.00. The molecule has 0 bridgehead atoms. The van der Waals surface area contributed by atoms with E-state index in [1.54, 1.807) is 11.3 Å². The molecular weight excluding hydrogens is 365 g/mol. The molecule has 23 heavy (non-hydrogen) atoms. The molecule has 118 valence electrons. The molecule has 0 aliphatic rings. The summed E-state index contributed by atoms with van der Waals surface area (Å²) in [5.41, 5.74) is 3.63. The van der Waals surface area contributed by atoms with Crippen molar-refractivity contribution in [1.29, 1.82) is 0 Å². The molecule has 0 saturated heterocycles. The fraction of sp³-hybridized carbons (Fsp3) is 0.167. The number of benzene rings is 2. The summed E-state index contributed by atoms with van der Waals surface area (Å²) in [6.45, 7) is 0. The van der Waals surface area contributed by atoms with Gasteiger partial charge in [0.2, 0.25) is 0 Å². The van der Waals surface area contributed by atoms with E-state index in [-0.39, 0.29) is 0 Å². The number of thioether (sulfide) groups is 1. The van der Waals surface area contributed by atoms with Gasteiger partial charge in [-0.15, -0.1) is 11.3 Å². The first-order valence-electron chi connectivity index (χ1n) is 7.19. The first-order chi connectivity index (χ1) is 11.2. The molecule has 3 rings (SSSR count). The highest BCUT2D eigenvalue weighted by Crippen LogP contribution is 2.25. The SMILES string of the molecule is Clc1ccc(Cc2nc(CSCc3ccccc3)cs2)cc1Cl. The number of thiazole rings is 1. The summed E-state index contributed by atoms with van der Waals surface area (Å²) < 4.78 is 0. The average Bonchev–Trinajstić information content (AvgIpc) is 2.99. The lowest BCUT2D eigenvalue weighted by atomic mass is 10.2. The quantitative estimate of drug-likeness (QED) is 0.486. The van der Waals surface area contributed by atoms with Gasteiger partial charge in [0.1, 0.15) is 0 Å². The first-order valence-corrected chi connectivity index (χ1v) is 9.98. The molecule has 1 nitrogen and oxygen atoms in total. The molecule has 0 amide bonds. The van der Waals surface area contributed by atoms with Gasteiger partial charge < -0.3 is 0 Å². The summed E-state index contributed by atoms with van der Waals surface area (Å²) in [4.78, 5) is 4.71. The van der Waals surface area contributed by atoms with Crippen LogP contribution >= 0.6 is 46.3 Å². The van der Waals surface area contributed by atoms with Gasteiger partial charge in [-0.3, -0.25) is 0 Å². The van der Waals surface area contributed by atoms with Crippen molar-refractivity contribution < 1.29 is 0 Å².